The monoisotopic (exact) mass is 313 g/mol. The molecule has 0 radical (unpaired) electrons. The largest absolute Gasteiger partial charge is 0.339 e. The highest BCUT2D eigenvalue weighted by Gasteiger charge is 2.40. The molecule has 2 aliphatic heterocycles. The molecule has 0 aromatic heterocycles. The van der Waals surface area contributed by atoms with E-state index >= 15 is 0 Å². The fourth-order valence-corrected chi connectivity index (χ4v) is 3.31. The van der Waals surface area contributed by atoms with Crippen molar-refractivity contribution < 1.29 is 9.59 Å². The zero-order chi connectivity index (χ0) is 16.4. The summed E-state index contributed by atoms with van der Waals surface area (Å²) in [7, 11) is 0. The van der Waals surface area contributed by atoms with E-state index in [1.165, 1.54) is 11.1 Å². The average molecular weight is 313 g/mol. The molecular weight excluding hydrogens is 290 g/mol. The molecule has 3 rings (SSSR count). The van der Waals surface area contributed by atoms with Crippen LogP contribution in [0.2, 0.25) is 0 Å². The molecule has 0 bridgehead atoms. The van der Waals surface area contributed by atoms with Crippen molar-refractivity contribution in [2.75, 3.05) is 19.6 Å². The number of piperidine rings is 1. The summed E-state index contributed by atoms with van der Waals surface area (Å²) in [4.78, 5) is 25.5. The molecule has 2 N–H and O–H groups in total. The zero-order valence-corrected chi connectivity index (χ0v) is 13.7. The Bertz CT molecular complexity index is 658. The molecule has 5 heteroatoms. The zero-order valence-electron chi connectivity index (χ0n) is 13.7. The van der Waals surface area contributed by atoms with Crippen molar-refractivity contribution in [2.24, 2.45) is 0 Å². The third-order valence-electron chi connectivity index (χ3n) is 4.83. The van der Waals surface area contributed by atoms with E-state index in [1.54, 1.807) is 6.08 Å². The van der Waals surface area contributed by atoms with Gasteiger partial charge in [-0.05, 0) is 43.9 Å². The highest BCUT2D eigenvalue weighted by Crippen LogP contribution is 2.24. The van der Waals surface area contributed by atoms with Gasteiger partial charge in [0.1, 0.15) is 0 Å². The Hall–Kier alpha value is -2.30. The van der Waals surface area contributed by atoms with E-state index in [9.17, 15) is 9.59 Å². The molecule has 3 amide bonds. The number of amides is 3. The van der Waals surface area contributed by atoms with E-state index in [2.05, 4.69) is 36.6 Å². The van der Waals surface area contributed by atoms with Gasteiger partial charge < -0.3 is 15.5 Å². The fraction of sp³-hybridized carbons (Fsp3) is 0.444. The highest BCUT2D eigenvalue weighted by atomic mass is 16.2. The van der Waals surface area contributed by atoms with E-state index in [-0.39, 0.29) is 17.5 Å². The van der Waals surface area contributed by atoms with Gasteiger partial charge >= 0.3 is 6.03 Å². The molecule has 0 unspecified atom stereocenters. The third-order valence-corrected chi connectivity index (χ3v) is 4.83. The quantitative estimate of drug-likeness (QED) is 0.820. The molecule has 2 heterocycles. The van der Waals surface area contributed by atoms with Crippen LogP contribution < -0.4 is 10.6 Å². The molecule has 2 aliphatic rings. The molecule has 0 saturated carbocycles. The van der Waals surface area contributed by atoms with Gasteiger partial charge in [-0.3, -0.25) is 4.79 Å². The van der Waals surface area contributed by atoms with Gasteiger partial charge in [-0.1, -0.05) is 23.8 Å². The van der Waals surface area contributed by atoms with Crippen LogP contribution >= 0.6 is 0 Å². The second-order valence-electron chi connectivity index (χ2n) is 6.61. The average Bonchev–Trinajstić information content (AvgIpc) is 2.87. The minimum Gasteiger partial charge on any atom is -0.339 e. The minimum atomic E-state index is -0.162. The second-order valence-corrected chi connectivity index (χ2v) is 6.61. The Kier molecular flexibility index (Phi) is 4.11. The Balaban J connectivity index is 1.59. The number of rotatable bonds is 2. The summed E-state index contributed by atoms with van der Waals surface area (Å²) in [6.45, 7) is 6.13. The summed E-state index contributed by atoms with van der Waals surface area (Å²) >= 11 is 0. The molecule has 23 heavy (non-hydrogen) atoms. The molecule has 1 spiro atoms. The highest BCUT2D eigenvalue weighted by molar-refractivity contribution is 5.92. The van der Waals surface area contributed by atoms with Crippen LogP contribution in [0.3, 0.4) is 0 Å². The number of nitrogens with zero attached hydrogens (tertiary/aromatic N) is 1. The Morgan fingerprint density at radius 1 is 1.26 bits per heavy atom. The number of carbonyl (C=O) groups excluding carboxylic acids is 2. The molecule has 2 fully saturated rings. The first-order chi connectivity index (χ1) is 11.0. The molecule has 1 aromatic rings. The number of likely N-dealkylation sites (tertiary alicyclic amines) is 1. The topological polar surface area (TPSA) is 61.4 Å². The van der Waals surface area contributed by atoms with Gasteiger partial charge in [0.05, 0.1) is 5.54 Å². The standard InChI is InChI=1S/C18H23N3O2/c1-13-3-4-15(14(2)11-13)5-6-16(22)21-9-7-18(8-10-21)12-19-17(23)20-18/h3-6,11H,7-10,12H2,1-2H3,(H2,19,20,23)/b6-5+. The fourth-order valence-electron chi connectivity index (χ4n) is 3.31. The lowest BCUT2D eigenvalue weighted by molar-refractivity contribution is -0.127. The van der Waals surface area contributed by atoms with Crippen LogP contribution in [0.15, 0.2) is 24.3 Å². The lowest BCUT2D eigenvalue weighted by Gasteiger charge is -2.38. The van der Waals surface area contributed by atoms with Crippen LogP contribution in [-0.2, 0) is 4.79 Å². The Morgan fingerprint density at radius 3 is 2.61 bits per heavy atom. The van der Waals surface area contributed by atoms with Crippen LogP contribution in [0.4, 0.5) is 4.79 Å². The maximum atomic E-state index is 12.4. The van der Waals surface area contributed by atoms with E-state index in [0.717, 1.165) is 18.4 Å². The summed E-state index contributed by atoms with van der Waals surface area (Å²) < 4.78 is 0. The number of carbonyl (C=O) groups is 2. The predicted molar refractivity (Wildman–Crippen MR) is 90.0 cm³/mol. The lowest BCUT2D eigenvalue weighted by atomic mass is 9.88. The third kappa shape index (κ3) is 3.38. The summed E-state index contributed by atoms with van der Waals surface area (Å²) in [5.74, 6) is 0.0390. The normalized spacial score (nSPS) is 19.9. The van der Waals surface area contributed by atoms with Crippen molar-refractivity contribution in [1.29, 1.82) is 0 Å². The van der Waals surface area contributed by atoms with Gasteiger partial charge in [-0.15, -0.1) is 0 Å². The maximum absolute atomic E-state index is 12.4. The van der Waals surface area contributed by atoms with Crippen molar-refractivity contribution in [1.82, 2.24) is 15.5 Å². The van der Waals surface area contributed by atoms with Crippen LogP contribution in [-0.4, -0.2) is 42.0 Å². The number of benzene rings is 1. The van der Waals surface area contributed by atoms with Crippen LogP contribution in [0, 0.1) is 13.8 Å². The van der Waals surface area contributed by atoms with Gasteiger partial charge in [0.25, 0.3) is 0 Å². The van der Waals surface area contributed by atoms with Gasteiger partial charge in [0.15, 0.2) is 0 Å². The second kappa shape index (κ2) is 6.07. The number of nitrogens with one attached hydrogen (secondary N) is 2. The number of aryl methyl sites for hydroxylation is 2. The predicted octanol–water partition coefficient (Wildman–Crippen LogP) is 1.99. The van der Waals surface area contributed by atoms with Crippen LogP contribution in [0.1, 0.15) is 29.5 Å². The van der Waals surface area contributed by atoms with E-state index < -0.39 is 0 Å². The molecular formula is C18H23N3O2. The summed E-state index contributed by atoms with van der Waals surface area (Å²) in [5.41, 5.74) is 3.31. The molecule has 5 nitrogen and oxygen atoms in total. The van der Waals surface area contributed by atoms with Gasteiger partial charge in [-0.25, -0.2) is 4.79 Å². The summed E-state index contributed by atoms with van der Waals surface area (Å²) in [6.07, 6.45) is 5.14. The van der Waals surface area contributed by atoms with Crippen molar-refractivity contribution in [3.63, 3.8) is 0 Å². The lowest BCUT2D eigenvalue weighted by Crippen LogP contribution is -2.53. The van der Waals surface area contributed by atoms with Crippen molar-refractivity contribution in [3.05, 3.63) is 41.0 Å². The SMILES string of the molecule is Cc1ccc(/C=C/C(=O)N2CCC3(CC2)CNC(=O)N3)c(C)c1. The molecule has 0 atom stereocenters. The van der Waals surface area contributed by atoms with E-state index in [1.807, 2.05) is 17.0 Å². The summed E-state index contributed by atoms with van der Waals surface area (Å²) in [5, 5.41) is 5.81. The smallest absolute Gasteiger partial charge is 0.315 e. The Morgan fingerprint density at radius 2 is 2.00 bits per heavy atom. The first-order valence-corrected chi connectivity index (χ1v) is 8.08. The van der Waals surface area contributed by atoms with Crippen molar-refractivity contribution in [2.45, 2.75) is 32.2 Å². The van der Waals surface area contributed by atoms with Gasteiger partial charge in [0.2, 0.25) is 5.91 Å². The molecule has 2 saturated heterocycles. The molecule has 0 aliphatic carbocycles. The van der Waals surface area contributed by atoms with E-state index in [0.29, 0.717) is 19.6 Å². The number of hydrogen-bond acceptors (Lipinski definition) is 2. The van der Waals surface area contributed by atoms with Gasteiger partial charge in [-0.2, -0.15) is 0 Å². The van der Waals surface area contributed by atoms with Crippen molar-refractivity contribution in [3.8, 4) is 0 Å². The maximum Gasteiger partial charge on any atom is 0.315 e. The van der Waals surface area contributed by atoms with Crippen LogP contribution in [0.25, 0.3) is 6.08 Å². The first kappa shape index (κ1) is 15.6. The molecule has 1 aromatic carbocycles. The number of hydrogen-bond donors (Lipinski definition) is 2. The van der Waals surface area contributed by atoms with E-state index in [4.69, 9.17) is 0 Å². The van der Waals surface area contributed by atoms with Crippen LogP contribution in [0.5, 0.6) is 0 Å². The minimum absolute atomic E-state index is 0.0390. The molecule has 122 valence electrons. The summed E-state index contributed by atoms with van der Waals surface area (Å²) in [6, 6.07) is 6.11. The van der Waals surface area contributed by atoms with Gasteiger partial charge in [0, 0.05) is 25.7 Å². The Labute approximate surface area is 136 Å². The number of urea groups is 1. The van der Waals surface area contributed by atoms with Crippen molar-refractivity contribution >= 4 is 18.0 Å². The first-order valence-electron chi connectivity index (χ1n) is 8.08.